The van der Waals surface area contributed by atoms with Crippen LogP contribution in [0.15, 0.2) is 47.5 Å². The molecule has 2 heterocycles. The first kappa shape index (κ1) is 14.6. The van der Waals surface area contributed by atoms with Crippen molar-refractivity contribution < 1.29 is 4.74 Å². The Bertz CT molecular complexity index is 574. The van der Waals surface area contributed by atoms with Crippen molar-refractivity contribution in [3.05, 3.63) is 58.8 Å². The van der Waals surface area contributed by atoms with Gasteiger partial charge in [0.2, 0.25) is 0 Å². The lowest BCUT2D eigenvalue weighted by Gasteiger charge is -2.11. The van der Waals surface area contributed by atoms with Gasteiger partial charge in [-0.3, -0.25) is 4.79 Å². The molecule has 2 aromatic rings. The largest absolute Gasteiger partial charge is 0.383 e. The van der Waals surface area contributed by atoms with Gasteiger partial charge in [-0.1, -0.05) is 6.07 Å². The molecule has 0 aliphatic heterocycles. The molecule has 5 heteroatoms. The lowest BCUT2D eigenvalue weighted by molar-refractivity contribution is 0.199. The normalized spacial score (nSPS) is 10.8. The third kappa shape index (κ3) is 4.08. The van der Waals surface area contributed by atoms with E-state index >= 15 is 0 Å². The van der Waals surface area contributed by atoms with Gasteiger partial charge >= 0.3 is 0 Å². The van der Waals surface area contributed by atoms with Crippen molar-refractivity contribution in [3.8, 4) is 0 Å². The maximum Gasteiger partial charge on any atom is 0.250 e. The number of aromatic nitrogens is 2. The smallest absolute Gasteiger partial charge is 0.250 e. The molecule has 0 spiro atoms. The van der Waals surface area contributed by atoms with E-state index in [4.69, 9.17) is 4.74 Å². The molecule has 2 rings (SSSR count). The Morgan fingerprint density at radius 3 is 2.70 bits per heavy atom. The Kier molecular flexibility index (Phi) is 5.58. The lowest BCUT2D eigenvalue weighted by Crippen LogP contribution is -2.23. The fourth-order valence-electron chi connectivity index (χ4n) is 2.08. The molecule has 0 saturated heterocycles. The molecule has 0 aliphatic rings. The number of hydrogen-bond donors (Lipinski definition) is 1. The zero-order valence-electron chi connectivity index (χ0n) is 11.8. The molecule has 0 radical (unpaired) electrons. The Hall–Kier alpha value is -1.85. The van der Waals surface area contributed by atoms with Crippen LogP contribution in [0.1, 0.15) is 5.69 Å². The van der Waals surface area contributed by atoms with Crippen molar-refractivity contribution in [3.63, 3.8) is 0 Å². The molecular formula is C15H21N3O2. The Balaban J connectivity index is 1.89. The molecule has 0 aromatic carbocycles. The van der Waals surface area contributed by atoms with Crippen LogP contribution in [-0.4, -0.2) is 29.4 Å². The van der Waals surface area contributed by atoms with Crippen LogP contribution in [0.2, 0.25) is 0 Å². The Morgan fingerprint density at radius 1 is 1.10 bits per heavy atom. The Labute approximate surface area is 118 Å². The molecular weight excluding hydrogens is 254 g/mol. The minimum atomic E-state index is 0.0411. The highest BCUT2D eigenvalue weighted by atomic mass is 16.5. The number of nitrogens with one attached hydrogen (secondary N) is 1. The fourth-order valence-corrected chi connectivity index (χ4v) is 2.08. The highest BCUT2D eigenvalue weighted by molar-refractivity contribution is 5.07. The van der Waals surface area contributed by atoms with Gasteiger partial charge < -0.3 is 19.2 Å². The van der Waals surface area contributed by atoms with Gasteiger partial charge in [-0.25, -0.2) is 0 Å². The number of methoxy groups -OCH3 is 1. The molecule has 0 saturated carbocycles. The van der Waals surface area contributed by atoms with E-state index in [1.807, 2.05) is 24.5 Å². The number of ether oxygens (including phenoxy) is 1. The van der Waals surface area contributed by atoms with Gasteiger partial charge in [0.05, 0.1) is 6.61 Å². The molecule has 108 valence electrons. The van der Waals surface area contributed by atoms with E-state index in [1.54, 1.807) is 23.8 Å². The highest BCUT2D eigenvalue weighted by Crippen LogP contribution is 2.02. The molecule has 0 amide bonds. The zero-order chi connectivity index (χ0) is 14.2. The summed E-state index contributed by atoms with van der Waals surface area (Å²) < 4.78 is 8.89. The summed E-state index contributed by atoms with van der Waals surface area (Å²) in [6.45, 7) is 3.82. The average molecular weight is 275 g/mol. The quantitative estimate of drug-likeness (QED) is 0.734. The molecule has 0 fully saturated rings. The number of aryl methyl sites for hydroxylation is 2. The second-order valence-corrected chi connectivity index (χ2v) is 4.59. The van der Waals surface area contributed by atoms with Crippen molar-refractivity contribution in [2.75, 3.05) is 20.3 Å². The van der Waals surface area contributed by atoms with Gasteiger partial charge in [-0.15, -0.1) is 0 Å². The first-order valence-electron chi connectivity index (χ1n) is 6.80. The predicted octanol–water partition coefficient (Wildman–Crippen LogP) is 1.09. The summed E-state index contributed by atoms with van der Waals surface area (Å²) in [4.78, 5) is 11.6. The Morgan fingerprint density at radius 2 is 1.90 bits per heavy atom. The van der Waals surface area contributed by atoms with Gasteiger partial charge in [0.25, 0.3) is 5.56 Å². The topological polar surface area (TPSA) is 48.2 Å². The molecule has 1 N–H and O–H groups in total. The van der Waals surface area contributed by atoms with Crippen LogP contribution >= 0.6 is 0 Å². The van der Waals surface area contributed by atoms with Crippen LogP contribution in [0.25, 0.3) is 0 Å². The van der Waals surface area contributed by atoms with E-state index in [0.29, 0.717) is 13.2 Å². The second-order valence-electron chi connectivity index (χ2n) is 4.59. The van der Waals surface area contributed by atoms with Crippen LogP contribution < -0.4 is 10.9 Å². The highest BCUT2D eigenvalue weighted by Gasteiger charge is 2.01. The summed E-state index contributed by atoms with van der Waals surface area (Å²) in [6, 6.07) is 9.35. The summed E-state index contributed by atoms with van der Waals surface area (Å²) in [7, 11) is 1.70. The maximum atomic E-state index is 11.6. The van der Waals surface area contributed by atoms with Crippen molar-refractivity contribution in [2.24, 2.45) is 0 Å². The molecule has 0 atom stereocenters. The summed E-state index contributed by atoms with van der Waals surface area (Å²) in [5, 5.41) is 3.32. The molecule has 0 aliphatic carbocycles. The number of rotatable bonds is 8. The molecule has 0 bridgehead atoms. The first-order valence-corrected chi connectivity index (χ1v) is 6.80. The van der Waals surface area contributed by atoms with Gasteiger partial charge in [0, 0.05) is 57.4 Å². The monoisotopic (exact) mass is 275 g/mol. The van der Waals surface area contributed by atoms with Crippen molar-refractivity contribution in [1.29, 1.82) is 0 Å². The van der Waals surface area contributed by atoms with Gasteiger partial charge in [0.1, 0.15) is 0 Å². The number of nitrogens with zero attached hydrogens (tertiary/aromatic N) is 2. The summed E-state index contributed by atoms with van der Waals surface area (Å²) in [6.07, 6.45) is 3.86. The minimum absolute atomic E-state index is 0.0411. The van der Waals surface area contributed by atoms with Crippen LogP contribution in [0.4, 0.5) is 0 Å². The summed E-state index contributed by atoms with van der Waals surface area (Å²) >= 11 is 0. The SMILES string of the molecule is COCCNCc1cccn1CCn1ccccc1=O. The van der Waals surface area contributed by atoms with Crippen molar-refractivity contribution in [1.82, 2.24) is 14.5 Å². The fraction of sp³-hybridized carbons (Fsp3) is 0.400. The van der Waals surface area contributed by atoms with Crippen molar-refractivity contribution >= 4 is 0 Å². The summed E-state index contributed by atoms with van der Waals surface area (Å²) in [5.74, 6) is 0. The van der Waals surface area contributed by atoms with E-state index in [9.17, 15) is 4.79 Å². The maximum absolute atomic E-state index is 11.6. The van der Waals surface area contributed by atoms with Crippen LogP contribution in [-0.2, 0) is 24.4 Å². The van der Waals surface area contributed by atoms with Gasteiger partial charge in [0.15, 0.2) is 0 Å². The van der Waals surface area contributed by atoms with Crippen LogP contribution in [0.3, 0.4) is 0 Å². The molecule has 20 heavy (non-hydrogen) atoms. The van der Waals surface area contributed by atoms with Gasteiger partial charge in [-0.2, -0.15) is 0 Å². The summed E-state index contributed by atoms with van der Waals surface area (Å²) in [5.41, 5.74) is 1.25. The molecule has 0 unspecified atom stereocenters. The van der Waals surface area contributed by atoms with Crippen molar-refractivity contribution in [2.45, 2.75) is 19.6 Å². The van der Waals surface area contributed by atoms with Crippen LogP contribution in [0, 0.1) is 0 Å². The number of pyridine rings is 1. The van der Waals surface area contributed by atoms with E-state index in [1.165, 1.54) is 5.69 Å². The molecule has 2 aromatic heterocycles. The van der Waals surface area contributed by atoms with Gasteiger partial charge in [-0.05, 0) is 18.2 Å². The predicted molar refractivity (Wildman–Crippen MR) is 78.7 cm³/mol. The third-order valence-corrected chi connectivity index (χ3v) is 3.19. The lowest BCUT2D eigenvalue weighted by atomic mass is 10.4. The number of hydrogen-bond acceptors (Lipinski definition) is 3. The van der Waals surface area contributed by atoms with E-state index in [2.05, 4.69) is 16.0 Å². The second kappa shape index (κ2) is 7.67. The minimum Gasteiger partial charge on any atom is -0.383 e. The van der Waals surface area contributed by atoms with E-state index in [-0.39, 0.29) is 5.56 Å². The standard InChI is InChI=1S/C15H21N3O2/c1-20-12-7-16-13-14-5-4-9-17(14)10-11-18-8-3-2-6-15(18)19/h2-6,8-9,16H,7,10-13H2,1H3. The third-order valence-electron chi connectivity index (χ3n) is 3.19. The zero-order valence-corrected chi connectivity index (χ0v) is 11.8. The average Bonchev–Trinajstić information content (AvgIpc) is 2.90. The van der Waals surface area contributed by atoms with E-state index in [0.717, 1.165) is 19.6 Å². The molecule has 5 nitrogen and oxygen atoms in total. The van der Waals surface area contributed by atoms with Crippen LogP contribution in [0.5, 0.6) is 0 Å². The first-order chi connectivity index (χ1) is 9.81. The van der Waals surface area contributed by atoms with E-state index < -0.39 is 0 Å².